The topological polar surface area (TPSA) is 131 Å². The van der Waals surface area contributed by atoms with Gasteiger partial charge < -0.3 is 24.7 Å². The van der Waals surface area contributed by atoms with Crippen molar-refractivity contribution in [2.24, 2.45) is 0 Å². The molecule has 1 N–H and O–H groups in total. The average Bonchev–Trinajstić information content (AvgIpc) is 2.66. The van der Waals surface area contributed by atoms with Crippen molar-refractivity contribution in [3.8, 4) is 5.75 Å². The van der Waals surface area contributed by atoms with Crippen molar-refractivity contribution >= 4 is 23.3 Å². The van der Waals surface area contributed by atoms with Crippen molar-refractivity contribution in [3.05, 3.63) is 76.0 Å². The quantitative estimate of drug-likeness (QED) is 0.319. The van der Waals surface area contributed by atoms with Gasteiger partial charge in [-0.25, -0.2) is 4.79 Å². The van der Waals surface area contributed by atoms with Crippen LogP contribution in [-0.2, 0) is 20.9 Å². The molecule has 0 aromatic heterocycles. The van der Waals surface area contributed by atoms with E-state index in [0.29, 0.717) is 6.08 Å². The molecule has 0 radical (unpaired) electrons. The molecular formula is C18H15N2O7-. The van der Waals surface area contributed by atoms with E-state index in [1.165, 1.54) is 18.2 Å². The predicted molar refractivity (Wildman–Crippen MR) is 92.6 cm³/mol. The van der Waals surface area contributed by atoms with Gasteiger partial charge in [0.1, 0.15) is 23.7 Å². The summed E-state index contributed by atoms with van der Waals surface area (Å²) in [6.07, 6.45) is 0.454. The summed E-state index contributed by atoms with van der Waals surface area (Å²) in [5.41, 5.74) is -0.149. The standard InChI is InChI=1S/C18H16N2O7/c1-26-18(23)15(10-17(21)22)19-14-8-7-13(9-16(14)20(24)25)27-11-12-5-3-2-4-6-12/h2-10,19H,11H2,1H3,(H,21,22)/p-1. The summed E-state index contributed by atoms with van der Waals surface area (Å²) < 4.78 is 9.98. The number of anilines is 1. The van der Waals surface area contributed by atoms with E-state index in [0.717, 1.165) is 12.7 Å². The van der Waals surface area contributed by atoms with Crippen molar-refractivity contribution in [3.63, 3.8) is 0 Å². The molecule has 0 heterocycles. The molecule has 0 fully saturated rings. The molecule has 9 heteroatoms. The second-order valence-electron chi connectivity index (χ2n) is 5.20. The number of rotatable bonds is 8. The molecule has 9 nitrogen and oxygen atoms in total. The van der Waals surface area contributed by atoms with Gasteiger partial charge in [-0.15, -0.1) is 0 Å². The number of nitro groups is 1. The summed E-state index contributed by atoms with van der Waals surface area (Å²) in [6.45, 7) is 0.211. The molecule has 2 aromatic carbocycles. The highest BCUT2D eigenvalue weighted by atomic mass is 16.6. The van der Waals surface area contributed by atoms with Crippen LogP contribution in [0.2, 0.25) is 0 Å². The number of aliphatic carboxylic acids is 1. The summed E-state index contributed by atoms with van der Waals surface area (Å²) in [5, 5.41) is 24.4. The van der Waals surface area contributed by atoms with E-state index in [1.54, 1.807) is 0 Å². The van der Waals surface area contributed by atoms with Crippen molar-refractivity contribution < 1.29 is 29.1 Å². The van der Waals surface area contributed by atoms with E-state index in [-0.39, 0.29) is 18.0 Å². The van der Waals surface area contributed by atoms with Crippen molar-refractivity contribution in [1.29, 1.82) is 0 Å². The molecule has 0 saturated carbocycles. The number of benzene rings is 2. The molecule has 0 spiro atoms. The van der Waals surface area contributed by atoms with E-state index in [2.05, 4.69) is 10.1 Å². The SMILES string of the molecule is COC(=O)C(=CC(=O)[O-])Nc1ccc(OCc2ccccc2)cc1[N+](=O)[O-]. The van der Waals surface area contributed by atoms with Gasteiger partial charge in [0, 0.05) is 0 Å². The zero-order valence-corrected chi connectivity index (χ0v) is 14.2. The van der Waals surface area contributed by atoms with E-state index in [1.807, 2.05) is 30.3 Å². The van der Waals surface area contributed by atoms with Gasteiger partial charge in [0.25, 0.3) is 5.69 Å². The minimum Gasteiger partial charge on any atom is -0.545 e. The maximum atomic E-state index is 11.6. The van der Waals surface area contributed by atoms with Crippen LogP contribution in [0.15, 0.2) is 60.3 Å². The number of nitrogens with zero attached hydrogens (tertiary/aromatic N) is 1. The lowest BCUT2D eigenvalue weighted by Crippen LogP contribution is -2.23. The lowest BCUT2D eigenvalue weighted by atomic mass is 10.2. The molecule has 0 aliphatic heterocycles. The smallest absolute Gasteiger partial charge is 0.354 e. The van der Waals surface area contributed by atoms with Gasteiger partial charge in [-0.1, -0.05) is 30.3 Å². The highest BCUT2D eigenvalue weighted by Gasteiger charge is 2.19. The molecule has 0 unspecified atom stereocenters. The number of nitro benzene ring substituents is 1. The minimum absolute atomic E-state index is 0.107. The second kappa shape index (κ2) is 8.99. The Balaban J connectivity index is 2.25. The van der Waals surface area contributed by atoms with E-state index < -0.39 is 28.2 Å². The van der Waals surface area contributed by atoms with Crippen molar-refractivity contribution in [1.82, 2.24) is 0 Å². The second-order valence-corrected chi connectivity index (χ2v) is 5.20. The van der Waals surface area contributed by atoms with E-state index in [4.69, 9.17) is 4.74 Å². The highest BCUT2D eigenvalue weighted by Crippen LogP contribution is 2.30. The number of carboxylic acids is 1. The first-order valence-corrected chi connectivity index (χ1v) is 7.64. The molecule has 0 aliphatic rings. The lowest BCUT2D eigenvalue weighted by molar-refractivity contribution is -0.384. The monoisotopic (exact) mass is 371 g/mol. The summed E-state index contributed by atoms with van der Waals surface area (Å²) in [5.74, 6) is -2.44. The van der Waals surface area contributed by atoms with Crippen molar-refractivity contribution in [2.75, 3.05) is 12.4 Å². The number of ether oxygens (including phenoxy) is 2. The first-order valence-electron chi connectivity index (χ1n) is 7.64. The third-order valence-electron chi connectivity index (χ3n) is 3.35. The Morgan fingerprint density at radius 2 is 1.89 bits per heavy atom. The fourth-order valence-electron chi connectivity index (χ4n) is 2.12. The van der Waals surface area contributed by atoms with Crippen LogP contribution in [0.5, 0.6) is 5.75 Å². The first kappa shape index (κ1) is 19.4. The van der Waals surface area contributed by atoms with E-state index >= 15 is 0 Å². The maximum absolute atomic E-state index is 11.6. The third kappa shape index (κ3) is 5.56. The van der Waals surface area contributed by atoms with Crippen LogP contribution in [0.4, 0.5) is 11.4 Å². The van der Waals surface area contributed by atoms with Gasteiger partial charge in [0.2, 0.25) is 0 Å². The fourth-order valence-corrected chi connectivity index (χ4v) is 2.12. The Morgan fingerprint density at radius 3 is 2.48 bits per heavy atom. The molecule has 140 valence electrons. The minimum atomic E-state index is -1.66. The fraction of sp³-hybridized carbons (Fsp3) is 0.111. The van der Waals surface area contributed by atoms with Crippen LogP contribution in [0.1, 0.15) is 5.56 Å². The number of nitrogens with one attached hydrogen (secondary N) is 1. The Kier molecular flexibility index (Phi) is 6.48. The van der Waals surface area contributed by atoms with Crippen LogP contribution in [0.3, 0.4) is 0 Å². The van der Waals surface area contributed by atoms with E-state index in [9.17, 15) is 24.8 Å². The van der Waals surface area contributed by atoms with Crippen LogP contribution >= 0.6 is 0 Å². The number of hydrogen-bond acceptors (Lipinski definition) is 8. The molecule has 0 atom stereocenters. The van der Waals surface area contributed by atoms with Crippen LogP contribution in [-0.4, -0.2) is 24.0 Å². The summed E-state index contributed by atoms with van der Waals surface area (Å²) in [6, 6.07) is 13.1. The number of hydrogen-bond donors (Lipinski definition) is 1. The summed E-state index contributed by atoms with van der Waals surface area (Å²) in [7, 11) is 1.04. The zero-order valence-electron chi connectivity index (χ0n) is 14.2. The Labute approximate surface area is 154 Å². The van der Waals surface area contributed by atoms with Crippen LogP contribution in [0.25, 0.3) is 0 Å². The molecule has 0 bridgehead atoms. The molecule has 2 aromatic rings. The van der Waals surface area contributed by atoms with Gasteiger partial charge in [-0.05, 0) is 23.8 Å². The zero-order chi connectivity index (χ0) is 19.8. The van der Waals surface area contributed by atoms with Gasteiger partial charge in [0.05, 0.1) is 24.1 Å². The molecule has 0 amide bonds. The first-order chi connectivity index (χ1) is 12.9. The number of carbonyl (C=O) groups is 2. The maximum Gasteiger partial charge on any atom is 0.354 e. The Bertz CT molecular complexity index is 879. The highest BCUT2D eigenvalue weighted by molar-refractivity contribution is 5.98. The number of methoxy groups -OCH3 is 1. The van der Waals surface area contributed by atoms with Crippen molar-refractivity contribution in [2.45, 2.75) is 6.61 Å². The Hall–Kier alpha value is -3.88. The van der Waals surface area contributed by atoms with Gasteiger partial charge in [-0.2, -0.15) is 0 Å². The third-order valence-corrected chi connectivity index (χ3v) is 3.35. The number of esters is 1. The Morgan fingerprint density at radius 1 is 1.19 bits per heavy atom. The van der Waals surface area contributed by atoms with Gasteiger partial charge in [-0.3, -0.25) is 10.1 Å². The van der Waals surface area contributed by atoms with Crippen LogP contribution in [0, 0.1) is 10.1 Å². The van der Waals surface area contributed by atoms with Gasteiger partial charge in [0.15, 0.2) is 0 Å². The number of carbonyl (C=O) groups excluding carboxylic acids is 2. The largest absolute Gasteiger partial charge is 0.545 e. The predicted octanol–water partition coefficient (Wildman–Crippen LogP) is 1.39. The summed E-state index contributed by atoms with van der Waals surface area (Å²) >= 11 is 0. The van der Waals surface area contributed by atoms with Crippen LogP contribution < -0.4 is 15.2 Å². The van der Waals surface area contributed by atoms with Gasteiger partial charge >= 0.3 is 5.97 Å². The molecule has 2 rings (SSSR count). The molecular weight excluding hydrogens is 356 g/mol. The molecule has 27 heavy (non-hydrogen) atoms. The molecule has 0 saturated heterocycles. The normalized spacial score (nSPS) is 10.8. The molecule has 0 aliphatic carbocycles. The summed E-state index contributed by atoms with van der Waals surface area (Å²) in [4.78, 5) is 33.0. The average molecular weight is 371 g/mol. The number of carboxylic acid groups (broad SMARTS) is 1. The lowest BCUT2D eigenvalue weighted by Gasteiger charge is -2.12.